The zero-order chi connectivity index (χ0) is 10.2. The fraction of sp³-hybridized carbons (Fsp3) is 0.182. The van der Waals surface area contributed by atoms with Crippen LogP contribution < -0.4 is 0 Å². The summed E-state index contributed by atoms with van der Waals surface area (Å²) in [6, 6.07) is 7.55. The Bertz CT molecular complexity index is 376. The number of oxime groups is 1. The lowest BCUT2D eigenvalue weighted by atomic mass is 10.1. The Kier molecular flexibility index (Phi) is 4.81. The summed E-state index contributed by atoms with van der Waals surface area (Å²) >= 11 is 3.30. The second-order valence-electron chi connectivity index (χ2n) is 2.57. The summed E-state index contributed by atoms with van der Waals surface area (Å²) in [4.78, 5) is 0. The van der Waals surface area contributed by atoms with Gasteiger partial charge >= 0.3 is 0 Å². The van der Waals surface area contributed by atoms with Crippen molar-refractivity contribution in [3.8, 4) is 11.8 Å². The molecular weight excluding hydrogens is 242 g/mol. The molecule has 0 bridgehead atoms. The van der Waals surface area contributed by atoms with Gasteiger partial charge in [-0.15, -0.1) is 0 Å². The Balaban J connectivity index is 2.91. The van der Waals surface area contributed by atoms with Crippen LogP contribution >= 0.6 is 15.9 Å². The van der Waals surface area contributed by atoms with Crippen LogP contribution in [0.4, 0.5) is 0 Å². The van der Waals surface area contributed by atoms with Gasteiger partial charge in [-0.05, 0) is 6.07 Å². The topological polar surface area (TPSA) is 32.6 Å². The van der Waals surface area contributed by atoms with Crippen molar-refractivity contribution in [2.24, 2.45) is 5.16 Å². The van der Waals surface area contributed by atoms with Gasteiger partial charge < -0.3 is 5.21 Å². The molecule has 72 valence electrons. The largest absolute Gasteiger partial charge is 0.411 e. The zero-order valence-electron chi connectivity index (χ0n) is 7.57. The molecule has 0 atom stereocenters. The van der Waals surface area contributed by atoms with Crippen molar-refractivity contribution >= 4 is 22.1 Å². The molecule has 3 heteroatoms. The van der Waals surface area contributed by atoms with E-state index in [0.717, 1.165) is 22.9 Å². The van der Waals surface area contributed by atoms with Crippen LogP contribution in [0.5, 0.6) is 0 Å². The molecule has 0 spiro atoms. The number of rotatable bonds is 2. The summed E-state index contributed by atoms with van der Waals surface area (Å²) < 4.78 is 0. The second kappa shape index (κ2) is 6.22. The Labute approximate surface area is 91.8 Å². The highest BCUT2D eigenvalue weighted by atomic mass is 79.9. The first kappa shape index (κ1) is 10.8. The third-order valence-electron chi connectivity index (χ3n) is 1.60. The average molecular weight is 252 g/mol. The van der Waals surface area contributed by atoms with Crippen LogP contribution in [0.15, 0.2) is 29.4 Å². The van der Waals surface area contributed by atoms with Gasteiger partial charge in [0.2, 0.25) is 0 Å². The summed E-state index contributed by atoms with van der Waals surface area (Å²) in [5.74, 6) is 6.03. The van der Waals surface area contributed by atoms with E-state index in [1.165, 1.54) is 6.21 Å². The van der Waals surface area contributed by atoms with Gasteiger partial charge in [-0.1, -0.05) is 51.1 Å². The maximum absolute atomic E-state index is 8.43. The Hall–Kier alpha value is -1.27. The van der Waals surface area contributed by atoms with Gasteiger partial charge in [-0.2, -0.15) is 0 Å². The third kappa shape index (κ3) is 3.23. The smallest absolute Gasteiger partial charge is 0.0746 e. The normalized spacial score (nSPS) is 9.79. The fourth-order valence-corrected chi connectivity index (χ4v) is 1.19. The van der Waals surface area contributed by atoms with Gasteiger partial charge in [0.05, 0.1) is 6.21 Å². The van der Waals surface area contributed by atoms with E-state index in [1.54, 1.807) is 0 Å². The van der Waals surface area contributed by atoms with Crippen LogP contribution in [0, 0.1) is 11.8 Å². The standard InChI is InChI=1S/C11H10BrNO/c12-8-4-3-6-10-5-1-2-7-11(10)9-13-14/h1-2,5,7,9,14H,4,8H2. The number of alkyl halides is 1. The van der Waals surface area contributed by atoms with Gasteiger partial charge in [-0.3, -0.25) is 0 Å². The van der Waals surface area contributed by atoms with Gasteiger partial charge in [-0.25, -0.2) is 0 Å². The predicted molar refractivity (Wildman–Crippen MR) is 61.1 cm³/mol. The van der Waals surface area contributed by atoms with Crippen molar-refractivity contribution in [3.05, 3.63) is 35.4 Å². The summed E-state index contributed by atoms with van der Waals surface area (Å²) in [7, 11) is 0. The maximum atomic E-state index is 8.43. The molecule has 0 aliphatic heterocycles. The van der Waals surface area contributed by atoms with Crippen LogP contribution in [-0.2, 0) is 0 Å². The minimum Gasteiger partial charge on any atom is -0.411 e. The Morgan fingerprint density at radius 2 is 2.21 bits per heavy atom. The molecule has 1 aromatic rings. The third-order valence-corrected chi connectivity index (χ3v) is 2.00. The van der Waals surface area contributed by atoms with E-state index < -0.39 is 0 Å². The van der Waals surface area contributed by atoms with Crippen LogP contribution in [0.1, 0.15) is 17.5 Å². The molecule has 2 nitrogen and oxygen atoms in total. The monoisotopic (exact) mass is 251 g/mol. The van der Waals surface area contributed by atoms with Crippen LogP contribution in [0.2, 0.25) is 0 Å². The van der Waals surface area contributed by atoms with Gasteiger partial charge in [0.25, 0.3) is 0 Å². The van der Waals surface area contributed by atoms with Crippen molar-refractivity contribution in [2.75, 3.05) is 5.33 Å². The molecule has 14 heavy (non-hydrogen) atoms. The second-order valence-corrected chi connectivity index (χ2v) is 3.37. The van der Waals surface area contributed by atoms with Crippen molar-refractivity contribution < 1.29 is 5.21 Å². The summed E-state index contributed by atoms with van der Waals surface area (Å²) in [6.07, 6.45) is 2.20. The van der Waals surface area contributed by atoms with E-state index >= 15 is 0 Å². The highest BCUT2D eigenvalue weighted by Gasteiger charge is 1.94. The highest BCUT2D eigenvalue weighted by molar-refractivity contribution is 9.09. The first-order chi connectivity index (χ1) is 6.88. The van der Waals surface area contributed by atoms with Crippen LogP contribution in [-0.4, -0.2) is 16.8 Å². The minimum atomic E-state index is 0.810. The van der Waals surface area contributed by atoms with Crippen molar-refractivity contribution in [3.63, 3.8) is 0 Å². The first-order valence-electron chi connectivity index (χ1n) is 4.20. The SMILES string of the molecule is ON=Cc1ccccc1C#CCCBr. The number of benzene rings is 1. The number of hydrogen-bond donors (Lipinski definition) is 1. The predicted octanol–water partition coefficient (Wildman–Crippen LogP) is 2.63. The Morgan fingerprint density at radius 1 is 1.43 bits per heavy atom. The molecule has 1 aromatic carbocycles. The molecule has 0 unspecified atom stereocenters. The molecule has 0 fully saturated rings. The average Bonchev–Trinajstić information content (AvgIpc) is 2.21. The van der Waals surface area contributed by atoms with E-state index in [-0.39, 0.29) is 0 Å². The van der Waals surface area contributed by atoms with E-state index in [2.05, 4.69) is 32.9 Å². The first-order valence-corrected chi connectivity index (χ1v) is 5.32. The molecule has 0 heterocycles. The molecule has 1 N–H and O–H groups in total. The molecule has 0 aliphatic rings. The minimum absolute atomic E-state index is 0.810. The van der Waals surface area contributed by atoms with Crippen molar-refractivity contribution in [2.45, 2.75) is 6.42 Å². The zero-order valence-corrected chi connectivity index (χ0v) is 9.16. The van der Waals surface area contributed by atoms with Crippen molar-refractivity contribution in [1.29, 1.82) is 0 Å². The Morgan fingerprint density at radius 3 is 2.93 bits per heavy atom. The molecule has 1 rings (SSSR count). The quantitative estimate of drug-likeness (QED) is 0.283. The molecule has 0 aliphatic carbocycles. The lowest BCUT2D eigenvalue weighted by Crippen LogP contribution is -1.86. The number of hydrogen-bond acceptors (Lipinski definition) is 2. The number of halogens is 1. The molecular formula is C11H10BrNO. The highest BCUT2D eigenvalue weighted by Crippen LogP contribution is 2.04. The fourth-order valence-electron chi connectivity index (χ4n) is 0.991. The molecule has 0 radical (unpaired) electrons. The summed E-state index contributed by atoms with van der Waals surface area (Å²) in [5.41, 5.74) is 1.71. The van der Waals surface area contributed by atoms with Gasteiger partial charge in [0, 0.05) is 22.9 Å². The van der Waals surface area contributed by atoms with E-state index in [1.807, 2.05) is 24.3 Å². The van der Waals surface area contributed by atoms with Crippen LogP contribution in [0.3, 0.4) is 0 Å². The molecule has 0 amide bonds. The van der Waals surface area contributed by atoms with Gasteiger partial charge in [0.15, 0.2) is 0 Å². The van der Waals surface area contributed by atoms with Crippen molar-refractivity contribution in [1.82, 2.24) is 0 Å². The summed E-state index contributed by atoms with van der Waals surface area (Å²) in [5, 5.41) is 12.3. The van der Waals surface area contributed by atoms with Gasteiger partial charge in [0.1, 0.15) is 0 Å². The van der Waals surface area contributed by atoms with E-state index in [4.69, 9.17) is 5.21 Å². The molecule has 0 saturated carbocycles. The van der Waals surface area contributed by atoms with Crippen LogP contribution in [0.25, 0.3) is 0 Å². The van der Waals surface area contributed by atoms with E-state index in [9.17, 15) is 0 Å². The maximum Gasteiger partial charge on any atom is 0.0746 e. The summed E-state index contributed by atoms with van der Waals surface area (Å²) in [6.45, 7) is 0. The lowest BCUT2D eigenvalue weighted by molar-refractivity contribution is 0.322. The van der Waals surface area contributed by atoms with E-state index in [0.29, 0.717) is 0 Å². The molecule has 0 saturated heterocycles. The number of nitrogens with zero attached hydrogens (tertiary/aromatic N) is 1. The lowest BCUT2D eigenvalue weighted by Gasteiger charge is -1.95. The molecule has 0 aromatic heterocycles.